The second-order valence-corrected chi connectivity index (χ2v) is 1.93. The highest BCUT2D eigenvalue weighted by molar-refractivity contribution is 5.36. The Labute approximate surface area is 66.4 Å². The zero-order chi connectivity index (χ0) is 8.36. The second kappa shape index (κ2) is 9.39. The molecule has 0 heterocycles. The van der Waals surface area contributed by atoms with Crippen LogP contribution in [0.3, 0.4) is 0 Å². The molecule has 0 aromatic heterocycles. The van der Waals surface area contributed by atoms with E-state index in [4.69, 9.17) is 9.47 Å². The van der Waals surface area contributed by atoms with Gasteiger partial charge in [0.15, 0.2) is 0 Å². The van der Waals surface area contributed by atoms with Gasteiger partial charge in [-0.1, -0.05) is 0 Å². The van der Waals surface area contributed by atoms with E-state index in [1.165, 1.54) is 0 Å². The Kier molecular flexibility index (Phi) is 8.87. The van der Waals surface area contributed by atoms with Crippen molar-refractivity contribution in [1.29, 1.82) is 0 Å². The molecule has 66 valence electrons. The lowest BCUT2D eigenvalue weighted by molar-refractivity contribution is -0.130. The van der Waals surface area contributed by atoms with Gasteiger partial charge in [-0.2, -0.15) is 0 Å². The van der Waals surface area contributed by atoms with Gasteiger partial charge in [-0.25, -0.2) is 0 Å². The SMILES string of the molecule is COCCCOCCOC=O. The molecule has 4 nitrogen and oxygen atoms in total. The number of rotatable bonds is 8. The summed E-state index contributed by atoms with van der Waals surface area (Å²) in [5.41, 5.74) is 0. The molecule has 0 spiro atoms. The highest BCUT2D eigenvalue weighted by Gasteiger charge is 1.88. The lowest BCUT2D eigenvalue weighted by Crippen LogP contribution is -2.05. The minimum Gasteiger partial charge on any atom is -0.465 e. The first-order valence-corrected chi connectivity index (χ1v) is 3.53. The minimum absolute atomic E-state index is 0.330. The molecule has 0 amide bonds. The Hall–Kier alpha value is -0.610. The number of hydrogen-bond donors (Lipinski definition) is 0. The van der Waals surface area contributed by atoms with Gasteiger partial charge in [-0.15, -0.1) is 0 Å². The molecule has 0 unspecified atom stereocenters. The summed E-state index contributed by atoms with van der Waals surface area (Å²) in [5.74, 6) is 0. The van der Waals surface area contributed by atoms with Gasteiger partial charge in [-0.3, -0.25) is 4.79 Å². The smallest absolute Gasteiger partial charge is 0.293 e. The summed E-state index contributed by atoms with van der Waals surface area (Å²) in [6.45, 7) is 2.56. The maximum Gasteiger partial charge on any atom is 0.293 e. The van der Waals surface area contributed by atoms with E-state index in [-0.39, 0.29) is 0 Å². The van der Waals surface area contributed by atoms with Gasteiger partial charge in [-0.05, 0) is 6.42 Å². The van der Waals surface area contributed by atoms with Gasteiger partial charge in [0.2, 0.25) is 0 Å². The van der Waals surface area contributed by atoms with E-state index in [0.717, 1.165) is 6.42 Å². The average molecular weight is 162 g/mol. The molecule has 0 aliphatic heterocycles. The molecule has 11 heavy (non-hydrogen) atoms. The fraction of sp³-hybridized carbons (Fsp3) is 0.857. The standard InChI is InChI=1S/C7H14O4/c1-9-3-2-4-10-5-6-11-7-8/h7H,2-6H2,1H3. The van der Waals surface area contributed by atoms with Crippen LogP contribution in [0.25, 0.3) is 0 Å². The first-order valence-electron chi connectivity index (χ1n) is 3.53. The number of carbonyl (C=O) groups is 1. The highest BCUT2D eigenvalue weighted by Crippen LogP contribution is 1.83. The summed E-state index contributed by atoms with van der Waals surface area (Å²) in [6.07, 6.45) is 0.873. The number of carbonyl (C=O) groups excluding carboxylic acids is 1. The van der Waals surface area contributed by atoms with E-state index < -0.39 is 0 Å². The largest absolute Gasteiger partial charge is 0.465 e. The third kappa shape index (κ3) is 9.39. The fourth-order valence-corrected chi connectivity index (χ4v) is 0.563. The molecular weight excluding hydrogens is 148 g/mol. The van der Waals surface area contributed by atoms with Crippen molar-refractivity contribution >= 4 is 6.47 Å². The van der Waals surface area contributed by atoms with Gasteiger partial charge in [0, 0.05) is 20.3 Å². The topological polar surface area (TPSA) is 44.8 Å². The molecule has 0 aromatic carbocycles. The van der Waals surface area contributed by atoms with Crippen LogP contribution in [-0.4, -0.2) is 40.0 Å². The quantitative estimate of drug-likeness (QED) is 0.378. The van der Waals surface area contributed by atoms with Crippen LogP contribution in [0.2, 0.25) is 0 Å². The van der Waals surface area contributed by atoms with Crippen LogP contribution in [-0.2, 0) is 19.0 Å². The maximum absolute atomic E-state index is 9.64. The Morgan fingerprint density at radius 2 is 2.00 bits per heavy atom. The van der Waals surface area contributed by atoms with E-state index in [0.29, 0.717) is 32.9 Å². The van der Waals surface area contributed by atoms with E-state index in [1.807, 2.05) is 0 Å². The Bertz CT molecular complexity index is 84.5. The predicted molar refractivity (Wildman–Crippen MR) is 39.3 cm³/mol. The lowest BCUT2D eigenvalue weighted by atomic mass is 10.5. The van der Waals surface area contributed by atoms with E-state index in [2.05, 4.69) is 4.74 Å². The summed E-state index contributed by atoms with van der Waals surface area (Å²) < 4.78 is 14.3. The van der Waals surface area contributed by atoms with Crippen molar-refractivity contribution in [3.63, 3.8) is 0 Å². The van der Waals surface area contributed by atoms with Crippen LogP contribution >= 0.6 is 0 Å². The maximum atomic E-state index is 9.64. The van der Waals surface area contributed by atoms with Crippen molar-refractivity contribution in [2.45, 2.75) is 6.42 Å². The Morgan fingerprint density at radius 3 is 2.64 bits per heavy atom. The molecule has 0 fully saturated rings. The first kappa shape index (κ1) is 10.4. The molecule has 0 rings (SSSR count). The first-order chi connectivity index (χ1) is 5.41. The molecule has 0 aliphatic carbocycles. The molecule has 0 N–H and O–H groups in total. The van der Waals surface area contributed by atoms with Crippen molar-refractivity contribution in [3.8, 4) is 0 Å². The molecular formula is C7H14O4. The molecule has 0 saturated heterocycles. The molecule has 0 bridgehead atoms. The Balaban J connectivity index is 2.74. The van der Waals surface area contributed by atoms with Gasteiger partial charge in [0.05, 0.1) is 6.61 Å². The van der Waals surface area contributed by atoms with Gasteiger partial charge < -0.3 is 14.2 Å². The summed E-state index contributed by atoms with van der Waals surface area (Å²) >= 11 is 0. The van der Waals surface area contributed by atoms with Crippen LogP contribution in [0, 0.1) is 0 Å². The average Bonchev–Trinajstić information content (AvgIpc) is 2.03. The minimum atomic E-state index is 0.330. The van der Waals surface area contributed by atoms with Crippen molar-refractivity contribution in [3.05, 3.63) is 0 Å². The molecule has 4 heteroatoms. The summed E-state index contributed by atoms with van der Waals surface area (Å²) in [4.78, 5) is 9.64. The van der Waals surface area contributed by atoms with Gasteiger partial charge in [0.25, 0.3) is 6.47 Å². The van der Waals surface area contributed by atoms with Crippen LogP contribution in [0.4, 0.5) is 0 Å². The fourth-order valence-electron chi connectivity index (χ4n) is 0.563. The van der Waals surface area contributed by atoms with Crippen LogP contribution < -0.4 is 0 Å². The monoisotopic (exact) mass is 162 g/mol. The van der Waals surface area contributed by atoms with E-state index in [9.17, 15) is 4.79 Å². The van der Waals surface area contributed by atoms with Crippen molar-refractivity contribution in [2.24, 2.45) is 0 Å². The van der Waals surface area contributed by atoms with E-state index in [1.54, 1.807) is 7.11 Å². The van der Waals surface area contributed by atoms with Crippen molar-refractivity contribution < 1.29 is 19.0 Å². The number of methoxy groups -OCH3 is 1. The third-order valence-electron chi connectivity index (χ3n) is 1.05. The molecule has 0 atom stereocenters. The zero-order valence-electron chi connectivity index (χ0n) is 6.75. The third-order valence-corrected chi connectivity index (χ3v) is 1.05. The lowest BCUT2D eigenvalue weighted by Gasteiger charge is -2.01. The summed E-state index contributed by atoms with van der Waals surface area (Å²) in [7, 11) is 1.65. The highest BCUT2D eigenvalue weighted by atomic mass is 16.5. The van der Waals surface area contributed by atoms with Crippen LogP contribution in [0.15, 0.2) is 0 Å². The number of hydrogen-bond acceptors (Lipinski definition) is 4. The summed E-state index contributed by atoms with van der Waals surface area (Å²) in [5, 5.41) is 0. The number of ether oxygens (including phenoxy) is 3. The van der Waals surface area contributed by atoms with Crippen molar-refractivity contribution in [1.82, 2.24) is 0 Å². The van der Waals surface area contributed by atoms with Crippen LogP contribution in [0.1, 0.15) is 6.42 Å². The molecule has 0 aromatic rings. The van der Waals surface area contributed by atoms with Gasteiger partial charge in [0.1, 0.15) is 6.61 Å². The predicted octanol–water partition coefficient (Wildman–Crippen LogP) is 0.212. The molecule has 0 aliphatic rings. The Morgan fingerprint density at radius 1 is 1.18 bits per heavy atom. The molecule has 0 saturated carbocycles. The van der Waals surface area contributed by atoms with Gasteiger partial charge >= 0.3 is 0 Å². The summed E-state index contributed by atoms with van der Waals surface area (Å²) in [6, 6.07) is 0. The second-order valence-electron chi connectivity index (χ2n) is 1.93. The van der Waals surface area contributed by atoms with E-state index >= 15 is 0 Å². The van der Waals surface area contributed by atoms with Crippen molar-refractivity contribution in [2.75, 3.05) is 33.5 Å². The normalized spacial score (nSPS) is 9.55. The zero-order valence-corrected chi connectivity index (χ0v) is 6.75. The molecule has 0 radical (unpaired) electrons. The van der Waals surface area contributed by atoms with Crippen LogP contribution in [0.5, 0.6) is 0 Å².